The van der Waals surface area contributed by atoms with Gasteiger partial charge in [0.25, 0.3) is 0 Å². The molecule has 0 saturated carbocycles. The number of benzene rings is 1. The molecule has 0 aromatic heterocycles. The minimum atomic E-state index is 0.131. The average Bonchev–Trinajstić information content (AvgIpc) is 2.66. The molecular formula is C16H23N3O. The molecule has 3 rings (SSSR count). The first-order chi connectivity index (χ1) is 9.83. The molecule has 108 valence electrons. The van der Waals surface area contributed by atoms with E-state index in [2.05, 4.69) is 27.7 Å². The van der Waals surface area contributed by atoms with E-state index in [0.717, 1.165) is 31.9 Å². The summed E-state index contributed by atoms with van der Waals surface area (Å²) in [5.41, 5.74) is 2.18. The average molecular weight is 273 g/mol. The second-order valence-electron chi connectivity index (χ2n) is 5.79. The lowest BCUT2D eigenvalue weighted by Crippen LogP contribution is -2.48. The van der Waals surface area contributed by atoms with Gasteiger partial charge in [-0.05, 0) is 37.1 Å². The summed E-state index contributed by atoms with van der Waals surface area (Å²) in [6.07, 6.45) is 5.26. The Morgan fingerprint density at radius 2 is 1.70 bits per heavy atom. The minimum absolute atomic E-state index is 0.131. The third-order valence-corrected chi connectivity index (χ3v) is 4.26. The van der Waals surface area contributed by atoms with Crippen LogP contribution < -0.4 is 15.5 Å². The van der Waals surface area contributed by atoms with E-state index in [1.165, 1.54) is 31.4 Å². The van der Waals surface area contributed by atoms with Crippen molar-refractivity contribution in [3.63, 3.8) is 0 Å². The second-order valence-corrected chi connectivity index (χ2v) is 5.79. The first kappa shape index (κ1) is 13.4. The normalized spacial score (nSPS) is 20.1. The number of nitrogens with one attached hydrogen (secondary N) is 2. The molecule has 1 aromatic carbocycles. The van der Waals surface area contributed by atoms with Crippen LogP contribution in [0.4, 0.5) is 11.4 Å². The highest BCUT2D eigenvalue weighted by molar-refractivity contribution is 5.93. The maximum atomic E-state index is 11.9. The first-order valence-corrected chi connectivity index (χ1v) is 7.69. The fraction of sp³-hybridized carbons (Fsp3) is 0.562. The van der Waals surface area contributed by atoms with E-state index < -0.39 is 0 Å². The number of rotatable bonds is 3. The van der Waals surface area contributed by atoms with Crippen molar-refractivity contribution in [2.75, 3.05) is 36.4 Å². The quantitative estimate of drug-likeness (QED) is 0.887. The zero-order valence-electron chi connectivity index (χ0n) is 11.9. The summed E-state index contributed by atoms with van der Waals surface area (Å²) in [4.78, 5) is 14.3. The molecule has 2 aliphatic rings. The molecule has 0 radical (unpaired) electrons. The van der Waals surface area contributed by atoms with Crippen molar-refractivity contribution in [2.45, 2.75) is 25.7 Å². The highest BCUT2D eigenvalue weighted by Gasteiger charge is 2.24. The van der Waals surface area contributed by atoms with Crippen LogP contribution in [0, 0.1) is 5.92 Å². The van der Waals surface area contributed by atoms with Crippen LogP contribution in [0.1, 0.15) is 25.7 Å². The van der Waals surface area contributed by atoms with Crippen LogP contribution >= 0.6 is 0 Å². The van der Waals surface area contributed by atoms with Gasteiger partial charge in [0, 0.05) is 37.6 Å². The summed E-state index contributed by atoms with van der Waals surface area (Å²) in [5.74, 6) is 0.270. The predicted molar refractivity (Wildman–Crippen MR) is 82.1 cm³/mol. The molecule has 0 spiro atoms. The zero-order valence-corrected chi connectivity index (χ0v) is 11.9. The van der Waals surface area contributed by atoms with Gasteiger partial charge in [-0.1, -0.05) is 12.8 Å². The van der Waals surface area contributed by atoms with Crippen LogP contribution in [0.25, 0.3) is 0 Å². The summed E-state index contributed by atoms with van der Waals surface area (Å²) in [7, 11) is 0. The molecule has 4 nitrogen and oxygen atoms in total. The Bertz CT molecular complexity index is 445. The topological polar surface area (TPSA) is 44.4 Å². The molecule has 2 saturated heterocycles. The van der Waals surface area contributed by atoms with Gasteiger partial charge in [-0.3, -0.25) is 4.79 Å². The van der Waals surface area contributed by atoms with Crippen molar-refractivity contribution in [1.82, 2.24) is 5.32 Å². The van der Waals surface area contributed by atoms with Gasteiger partial charge in [-0.2, -0.15) is 0 Å². The number of amides is 1. The van der Waals surface area contributed by atoms with E-state index in [1.54, 1.807) is 0 Å². The molecule has 0 unspecified atom stereocenters. The Kier molecular flexibility index (Phi) is 4.21. The molecule has 2 heterocycles. The number of anilines is 2. The predicted octanol–water partition coefficient (Wildman–Crippen LogP) is 2.22. The molecule has 2 aliphatic heterocycles. The van der Waals surface area contributed by atoms with Crippen molar-refractivity contribution < 1.29 is 4.79 Å². The highest BCUT2D eigenvalue weighted by Crippen LogP contribution is 2.22. The molecule has 20 heavy (non-hydrogen) atoms. The van der Waals surface area contributed by atoms with Crippen LogP contribution in [-0.2, 0) is 4.79 Å². The number of carbonyl (C=O) groups is 1. The number of nitrogens with zero attached hydrogens (tertiary/aromatic N) is 1. The highest BCUT2D eigenvalue weighted by atomic mass is 16.2. The van der Waals surface area contributed by atoms with Crippen molar-refractivity contribution in [3.05, 3.63) is 24.3 Å². The van der Waals surface area contributed by atoms with Crippen LogP contribution in [0.2, 0.25) is 0 Å². The summed E-state index contributed by atoms with van der Waals surface area (Å²) in [6, 6.07) is 8.29. The Hall–Kier alpha value is -1.55. The standard InChI is InChI=1S/C16H23N3O/c20-16(13-11-17-12-13)18-14-5-7-15(8-6-14)19-9-3-1-2-4-10-19/h5-8,13,17H,1-4,9-12H2,(H,18,20). The van der Waals surface area contributed by atoms with E-state index >= 15 is 0 Å². The van der Waals surface area contributed by atoms with Gasteiger partial charge in [0.05, 0.1) is 5.92 Å². The van der Waals surface area contributed by atoms with Crippen LogP contribution in [0.15, 0.2) is 24.3 Å². The van der Waals surface area contributed by atoms with Crippen LogP contribution in [0.5, 0.6) is 0 Å². The van der Waals surface area contributed by atoms with Crippen molar-refractivity contribution in [3.8, 4) is 0 Å². The number of hydrogen-bond acceptors (Lipinski definition) is 3. The molecule has 0 bridgehead atoms. The van der Waals surface area contributed by atoms with Crippen molar-refractivity contribution in [1.29, 1.82) is 0 Å². The second kappa shape index (κ2) is 6.27. The molecule has 0 aliphatic carbocycles. The lowest BCUT2D eigenvalue weighted by Gasteiger charge is -2.26. The Morgan fingerprint density at radius 1 is 1.05 bits per heavy atom. The van der Waals surface area contributed by atoms with E-state index in [9.17, 15) is 4.79 Å². The molecule has 1 amide bonds. The largest absolute Gasteiger partial charge is 0.372 e. The Balaban J connectivity index is 1.59. The molecule has 4 heteroatoms. The lowest BCUT2D eigenvalue weighted by atomic mass is 10.0. The molecule has 1 aromatic rings. The van der Waals surface area contributed by atoms with Gasteiger partial charge in [-0.15, -0.1) is 0 Å². The van der Waals surface area contributed by atoms with Gasteiger partial charge >= 0.3 is 0 Å². The molecular weight excluding hydrogens is 250 g/mol. The van der Waals surface area contributed by atoms with E-state index in [-0.39, 0.29) is 11.8 Å². The first-order valence-electron chi connectivity index (χ1n) is 7.69. The Morgan fingerprint density at radius 3 is 2.25 bits per heavy atom. The fourth-order valence-corrected chi connectivity index (χ4v) is 2.80. The van der Waals surface area contributed by atoms with Crippen molar-refractivity contribution in [2.24, 2.45) is 5.92 Å². The van der Waals surface area contributed by atoms with E-state index in [1.807, 2.05) is 12.1 Å². The van der Waals surface area contributed by atoms with E-state index in [4.69, 9.17) is 0 Å². The summed E-state index contributed by atoms with van der Waals surface area (Å²) < 4.78 is 0. The van der Waals surface area contributed by atoms with E-state index in [0.29, 0.717) is 0 Å². The fourth-order valence-electron chi connectivity index (χ4n) is 2.80. The van der Waals surface area contributed by atoms with Gasteiger partial charge in [-0.25, -0.2) is 0 Å². The number of hydrogen-bond donors (Lipinski definition) is 2. The van der Waals surface area contributed by atoms with Crippen molar-refractivity contribution >= 4 is 17.3 Å². The zero-order chi connectivity index (χ0) is 13.8. The molecule has 0 atom stereocenters. The summed E-state index contributed by atoms with van der Waals surface area (Å²) >= 11 is 0. The smallest absolute Gasteiger partial charge is 0.230 e. The van der Waals surface area contributed by atoms with Gasteiger partial charge < -0.3 is 15.5 Å². The van der Waals surface area contributed by atoms with Gasteiger partial charge in [0.15, 0.2) is 0 Å². The number of carbonyl (C=O) groups excluding carboxylic acids is 1. The molecule has 2 fully saturated rings. The Labute approximate surface area is 120 Å². The maximum absolute atomic E-state index is 11.9. The van der Waals surface area contributed by atoms with Crippen LogP contribution in [0.3, 0.4) is 0 Å². The lowest BCUT2D eigenvalue weighted by molar-refractivity contribution is -0.121. The third kappa shape index (κ3) is 3.12. The molecule has 2 N–H and O–H groups in total. The maximum Gasteiger partial charge on any atom is 0.230 e. The summed E-state index contributed by atoms with van der Waals surface area (Å²) in [6.45, 7) is 3.91. The third-order valence-electron chi connectivity index (χ3n) is 4.26. The SMILES string of the molecule is O=C(Nc1ccc(N2CCCCCC2)cc1)C1CNC1. The van der Waals surface area contributed by atoms with Gasteiger partial charge in [0.1, 0.15) is 0 Å². The van der Waals surface area contributed by atoms with Crippen LogP contribution in [-0.4, -0.2) is 32.1 Å². The minimum Gasteiger partial charge on any atom is -0.372 e. The monoisotopic (exact) mass is 273 g/mol. The summed E-state index contributed by atoms with van der Waals surface area (Å²) in [5, 5.41) is 6.11. The van der Waals surface area contributed by atoms with Gasteiger partial charge in [0.2, 0.25) is 5.91 Å².